The normalized spacial score (nSPS) is 25.8. The number of carboxylic acids is 1. The molecule has 6 heteroatoms. The van der Waals surface area contributed by atoms with Crippen LogP contribution >= 0.6 is 11.6 Å². The van der Waals surface area contributed by atoms with Gasteiger partial charge in [0.05, 0.1) is 0 Å². The van der Waals surface area contributed by atoms with Crippen LogP contribution in [0.3, 0.4) is 0 Å². The Morgan fingerprint density at radius 1 is 1.38 bits per heavy atom. The molecule has 21 heavy (non-hydrogen) atoms. The first-order chi connectivity index (χ1) is 9.94. The maximum absolute atomic E-state index is 13.8. The third-order valence-corrected chi connectivity index (χ3v) is 4.81. The van der Waals surface area contributed by atoms with Crippen molar-refractivity contribution in [2.45, 2.75) is 37.1 Å². The van der Waals surface area contributed by atoms with Gasteiger partial charge in [-0.25, -0.2) is 9.18 Å². The van der Waals surface area contributed by atoms with Gasteiger partial charge in [-0.2, -0.15) is 0 Å². The largest absolute Gasteiger partial charge is 0.480 e. The molecular weight excluding hydrogens is 297 g/mol. The predicted molar refractivity (Wildman–Crippen MR) is 74.6 cm³/mol. The van der Waals surface area contributed by atoms with Gasteiger partial charge in [0, 0.05) is 22.4 Å². The Hall–Kier alpha value is -1.62. The number of nitrogens with one attached hydrogen (secondary N) is 1. The topological polar surface area (TPSA) is 66.4 Å². The minimum Gasteiger partial charge on any atom is -0.480 e. The standard InChI is InChI=1S/C15H15ClFNO3/c16-10-3-1-4-11(17)12(10)8-7-9(8)13(19)18-15(14(20)21)5-2-6-15/h1,3-4,8-9H,2,5-7H2,(H,18,19)(H,20,21). The van der Waals surface area contributed by atoms with E-state index in [0.29, 0.717) is 29.8 Å². The van der Waals surface area contributed by atoms with E-state index in [9.17, 15) is 19.1 Å². The van der Waals surface area contributed by atoms with Gasteiger partial charge in [0.1, 0.15) is 11.4 Å². The molecule has 2 aliphatic rings. The van der Waals surface area contributed by atoms with Crippen LogP contribution in [0, 0.1) is 11.7 Å². The fraction of sp³-hybridized carbons (Fsp3) is 0.467. The molecule has 0 heterocycles. The summed E-state index contributed by atoms with van der Waals surface area (Å²) >= 11 is 5.99. The molecule has 2 atom stereocenters. The summed E-state index contributed by atoms with van der Waals surface area (Å²) in [5.41, 5.74) is -0.763. The van der Waals surface area contributed by atoms with Crippen molar-refractivity contribution in [3.05, 3.63) is 34.6 Å². The lowest BCUT2D eigenvalue weighted by atomic mass is 9.76. The minimum atomic E-state index is -1.12. The number of rotatable bonds is 4. The molecule has 0 bridgehead atoms. The zero-order chi connectivity index (χ0) is 15.2. The van der Waals surface area contributed by atoms with Crippen molar-refractivity contribution in [1.82, 2.24) is 5.32 Å². The lowest BCUT2D eigenvalue weighted by molar-refractivity contribution is -0.152. The quantitative estimate of drug-likeness (QED) is 0.898. The zero-order valence-electron chi connectivity index (χ0n) is 11.2. The summed E-state index contributed by atoms with van der Waals surface area (Å²) in [7, 11) is 0. The second-order valence-corrected chi connectivity index (χ2v) is 6.22. The maximum atomic E-state index is 13.8. The molecule has 0 spiro atoms. The summed E-state index contributed by atoms with van der Waals surface area (Å²) in [5.74, 6) is -2.38. The van der Waals surface area contributed by atoms with Crippen LogP contribution in [-0.2, 0) is 9.59 Å². The van der Waals surface area contributed by atoms with Gasteiger partial charge < -0.3 is 10.4 Å². The first-order valence-corrected chi connectivity index (χ1v) is 7.32. The van der Waals surface area contributed by atoms with Crippen molar-refractivity contribution < 1.29 is 19.1 Å². The van der Waals surface area contributed by atoms with Crippen molar-refractivity contribution in [3.8, 4) is 0 Å². The van der Waals surface area contributed by atoms with Crippen molar-refractivity contribution >= 4 is 23.5 Å². The average Bonchev–Trinajstić information content (AvgIpc) is 3.13. The number of hydrogen-bond acceptors (Lipinski definition) is 2. The summed E-state index contributed by atoms with van der Waals surface area (Å²) in [4.78, 5) is 23.4. The lowest BCUT2D eigenvalue weighted by Crippen LogP contribution is -2.59. The molecule has 112 valence electrons. The van der Waals surface area contributed by atoms with E-state index >= 15 is 0 Å². The molecule has 0 radical (unpaired) electrons. The fourth-order valence-electron chi connectivity index (χ4n) is 2.92. The Morgan fingerprint density at radius 3 is 2.62 bits per heavy atom. The van der Waals surface area contributed by atoms with Gasteiger partial charge in [-0.05, 0) is 37.8 Å². The smallest absolute Gasteiger partial charge is 0.329 e. The highest BCUT2D eigenvalue weighted by molar-refractivity contribution is 6.31. The molecule has 4 nitrogen and oxygen atoms in total. The summed E-state index contributed by atoms with van der Waals surface area (Å²) in [6.45, 7) is 0. The van der Waals surface area contributed by atoms with Crippen molar-refractivity contribution in [2.75, 3.05) is 0 Å². The Balaban J connectivity index is 1.71. The van der Waals surface area contributed by atoms with Crippen molar-refractivity contribution in [2.24, 2.45) is 5.92 Å². The highest BCUT2D eigenvalue weighted by Crippen LogP contribution is 2.51. The Bertz CT molecular complexity index is 595. The molecule has 1 aromatic carbocycles. The van der Waals surface area contributed by atoms with Gasteiger partial charge in [0.25, 0.3) is 0 Å². The SMILES string of the molecule is O=C(NC1(C(=O)O)CCC1)C1CC1c1c(F)cccc1Cl. The van der Waals surface area contributed by atoms with Gasteiger partial charge >= 0.3 is 5.97 Å². The Morgan fingerprint density at radius 2 is 2.10 bits per heavy atom. The van der Waals surface area contributed by atoms with Gasteiger partial charge in [-0.3, -0.25) is 4.79 Å². The predicted octanol–water partition coefficient (Wildman–Crippen LogP) is 2.71. The van der Waals surface area contributed by atoms with Crippen LogP contribution in [0.2, 0.25) is 5.02 Å². The number of hydrogen-bond donors (Lipinski definition) is 2. The summed E-state index contributed by atoms with van der Waals surface area (Å²) in [6.07, 6.45) is 2.19. The van der Waals surface area contributed by atoms with Crippen LogP contribution in [0.1, 0.15) is 37.2 Å². The molecule has 2 saturated carbocycles. The van der Waals surface area contributed by atoms with Crippen LogP contribution in [0.15, 0.2) is 18.2 Å². The molecule has 2 unspecified atom stereocenters. The second kappa shape index (κ2) is 4.98. The molecule has 1 amide bonds. The minimum absolute atomic E-state index is 0.260. The molecule has 2 fully saturated rings. The molecule has 0 saturated heterocycles. The van der Waals surface area contributed by atoms with E-state index in [0.717, 1.165) is 6.42 Å². The third-order valence-electron chi connectivity index (χ3n) is 4.48. The number of carbonyl (C=O) groups is 2. The molecule has 3 rings (SSSR count). The van der Waals surface area contributed by atoms with Crippen LogP contribution in [0.4, 0.5) is 4.39 Å². The van der Waals surface area contributed by atoms with E-state index in [4.69, 9.17) is 11.6 Å². The average molecular weight is 312 g/mol. The van der Waals surface area contributed by atoms with Gasteiger partial charge in [-0.15, -0.1) is 0 Å². The number of carbonyl (C=O) groups excluding carboxylic acids is 1. The lowest BCUT2D eigenvalue weighted by Gasteiger charge is -2.38. The number of carboxylic acid groups (broad SMARTS) is 1. The molecule has 0 aliphatic heterocycles. The van der Waals surface area contributed by atoms with Crippen LogP contribution in [-0.4, -0.2) is 22.5 Å². The fourth-order valence-corrected chi connectivity index (χ4v) is 3.22. The van der Waals surface area contributed by atoms with E-state index < -0.39 is 23.2 Å². The summed E-state index contributed by atoms with van der Waals surface area (Å²) in [5, 5.41) is 12.1. The molecule has 1 aromatic rings. The number of benzene rings is 1. The van der Waals surface area contributed by atoms with Crippen LogP contribution in [0.5, 0.6) is 0 Å². The van der Waals surface area contributed by atoms with E-state index in [1.54, 1.807) is 6.07 Å². The monoisotopic (exact) mass is 311 g/mol. The van der Waals surface area contributed by atoms with Crippen molar-refractivity contribution in [3.63, 3.8) is 0 Å². The highest BCUT2D eigenvalue weighted by Gasteiger charge is 2.51. The van der Waals surface area contributed by atoms with Gasteiger partial charge in [-0.1, -0.05) is 17.7 Å². The summed E-state index contributed by atoms with van der Waals surface area (Å²) < 4.78 is 13.8. The Labute approximate surface area is 126 Å². The zero-order valence-corrected chi connectivity index (χ0v) is 12.0. The number of aliphatic carboxylic acids is 1. The number of amides is 1. The first kappa shape index (κ1) is 14.3. The van der Waals surface area contributed by atoms with Crippen LogP contribution < -0.4 is 5.32 Å². The third kappa shape index (κ3) is 2.39. The molecule has 0 aromatic heterocycles. The molecule has 2 N–H and O–H groups in total. The van der Waals surface area contributed by atoms with E-state index in [1.165, 1.54) is 12.1 Å². The molecule has 2 aliphatic carbocycles. The van der Waals surface area contributed by atoms with E-state index in [-0.39, 0.29) is 11.8 Å². The van der Waals surface area contributed by atoms with Gasteiger partial charge in [0.2, 0.25) is 5.91 Å². The molecular formula is C15H15ClFNO3. The van der Waals surface area contributed by atoms with E-state index in [2.05, 4.69) is 5.32 Å². The summed E-state index contributed by atoms with van der Waals surface area (Å²) in [6, 6.07) is 4.43. The maximum Gasteiger partial charge on any atom is 0.329 e. The number of halogens is 2. The van der Waals surface area contributed by atoms with Gasteiger partial charge in [0.15, 0.2) is 0 Å². The van der Waals surface area contributed by atoms with Crippen LogP contribution in [0.25, 0.3) is 0 Å². The Kier molecular flexibility index (Phi) is 3.40. The second-order valence-electron chi connectivity index (χ2n) is 5.81. The van der Waals surface area contributed by atoms with Crippen molar-refractivity contribution in [1.29, 1.82) is 0 Å². The first-order valence-electron chi connectivity index (χ1n) is 6.94. The highest BCUT2D eigenvalue weighted by atomic mass is 35.5. The van der Waals surface area contributed by atoms with E-state index in [1.807, 2.05) is 0 Å².